The SMILES string of the molecule is [2H]B([3H])CSOCC1OC(Cl)C2OC(C)(C)OC12. The van der Waals surface area contributed by atoms with Crippen LogP contribution >= 0.6 is 23.6 Å². The van der Waals surface area contributed by atoms with E-state index in [1.807, 2.05) is 13.8 Å². The fraction of sp³-hybridized carbons (Fsp3) is 1.00. The minimum absolute atomic E-state index is 0.231. The van der Waals surface area contributed by atoms with E-state index in [1.165, 1.54) is 0 Å². The third-order valence-corrected chi connectivity index (χ3v) is 3.27. The van der Waals surface area contributed by atoms with Crippen molar-refractivity contribution >= 4 is 31.4 Å². The van der Waals surface area contributed by atoms with Crippen molar-refractivity contribution in [1.29, 1.82) is 2.67 Å². The zero-order valence-electron chi connectivity index (χ0n) is 11.2. The normalized spacial score (nSPS) is 42.7. The van der Waals surface area contributed by atoms with Crippen LogP contribution in [0.2, 0.25) is 0 Å². The van der Waals surface area contributed by atoms with Gasteiger partial charge in [-0.2, -0.15) is 0 Å². The smallest absolute Gasteiger partial charge is 0.164 e. The van der Waals surface area contributed by atoms with Crippen LogP contribution in [0.5, 0.6) is 0 Å². The fourth-order valence-corrected chi connectivity index (χ4v) is 2.58. The van der Waals surface area contributed by atoms with Gasteiger partial charge in [-0.15, -0.1) is 0 Å². The number of hydrogen-bond acceptors (Lipinski definition) is 5. The van der Waals surface area contributed by atoms with Crippen LogP contribution < -0.4 is 0 Å². The molecule has 0 N–H and O–H groups in total. The Balaban J connectivity index is 1.80. The minimum atomic E-state index is -0.891. The summed E-state index contributed by atoms with van der Waals surface area (Å²) in [5.41, 5.74) is -0.232. The number of alkyl halides is 1. The summed E-state index contributed by atoms with van der Waals surface area (Å²) in [7, 11) is -0.891. The number of rotatable bonds is 5. The third-order valence-electron chi connectivity index (χ3n) is 2.48. The Hall–Kier alpha value is 0.545. The average molecular weight is 270 g/mol. The molecule has 2 fully saturated rings. The van der Waals surface area contributed by atoms with Crippen molar-refractivity contribution < 1.29 is 18.4 Å². The van der Waals surface area contributed by atoms with Crippen molar-refractivity contribution in [2.75, 3.05) is 12.3 Å². The fourth-order valence-electron chi connectivity index (χ4n) is 1.93. The Bertz CT molecular complexity index is 300. The van der Waals surface area contributed by atoms with E-state index >= 15 is 0 Å². The van der Waals surface area contributed by atoms with Gasteiger partial charge in [-0.3, -0.25) is 0 Å². The van der Waals surface area contributed by atoms with Gasteiger partial charge in [0.2, 0.25) is 0 Å². The van der Waals surface area contributed by atoms with Gasteiger partial charge in [0.1, 0.15) is 26.1 Å². The lowest BCUT2D eigenvalue weighted by Gasteiger charge is -2.22. The summed E-state index contributed by atoms with van der Waals surface area (Å²) in [6.45, 7) is 3.99. The maximum absolute atomic E-state index is 7.04. The zero-order valence-corrected chi connectivity index (χ0v) is 10.8. The summed E-state index contributed by atoms with van der Waals surface area (Å²) in [4.78, 5) is 0. The van der Waals surface area contributed by atoms with Crippen LogP contribution in [-0.2, 0) is 18.4 Å². The van der Waals surface area contributed by atoms with Crippen LogP contribution in [0.25, 0.3) is 0 Å². The van der Waals surface area contributed by atoms with Gasteiger partial charge in [0.05, 0.1) is 6.61 Å². The Kier molecular flexibility index (Phi) is 3.30. The second-order valence-electron chi connectivity index (χ2n) is 4.16. The van der Waals surface area contributed by atoms with Crippen molar-refractivity contribution in [2.45, 2.75) is 43.5 Å². The third kappa shape index (κ3) is 2.68. The molecule has 0 aromatic heterocycles. The molecule has 0 aliphatic carbocycles. The van der Waals surface area contributed by atoms with Crippen molar-refractivity contribution in [3.05, 3.63) is 0 Å². The second kappa shape index (κ2) is 5.04. The van der Waals surface area contributed by atoms with Crippen molar-refractivity contribution in [2.24, 2.45) is 0 Å². The number of fused-ring (bicyclic) bond motifs is 1. The van der Waals surface area contributed by atoms with Gasteiger partial charge in [0, 0.05) is 0 Å². The summed E-state index contributed by atoms with van der Waals surface area (Å²) in [6.07, 6.45) is -0.784. The largest absolute Gasteiger partial charge is 0.351 e. The zero-order chi connectivity index (χ0) is 13.3. The maximum atomic E-state index is 7.04. The lowest BCUT2D eigenvalue weighted by molar-refractivity contribution is -0.181. The molecule has 4 atom stereocenters. The lowest BCUT2D eigenvalue weighted by Crippen LogP contribution is -2.32. The first-order chi connectivity index (χ1) is 8.39. The van der Waals surface area contributed by atoms with E-state index in [-0.39, 0.29) is 18.3 Å². The molecular formula is C9H16BClO4S. The highest BCUT2D eigenvalue weighted by atomic mass is 35.5. The van der Waals surface area contributed by atoms with E-state index in [0.29, 0.717) is 12.3 Å². The van der Waals surface area contributed by atoms with Gasteiger partial charge in [0.25, 0.3) is 0 Å². The highest BCUT2D eigenvalue weighted by Crippen LogP contribution is 2.40. The van der Waals surface area contributed by atoms with Crippen LogP contribution in [0.1, 0.15) is 13.8 Å². The van der Waals surface area contributed by atoms with Crippen LogP contribution in [0.3, 0.4) is 0 Å². The predicted octanol–water partition coefficient (Wildman–Crippen LogP) is 0.726. The second-order valence-corrected chi connectivity index (χ2v) is 5.39. The first-order valence-corrected chi connectivity index (χ1v) is 6.48. The van der Waals surface area contributed by atoms with E-state index < -0.39 is 19.1 Å². The molecule has 4 unspecified atom stereocenters. The Morgan fingerprint density at radius 1 is 1.62 bits per heavy atom. The molecule has 92 valence electrons. The number of ether oxygens (including phenoxy) is 3. The average Bonchev–Trinajstić information content (AvgIpc) is 2.70. The lowest BCUT2D eigenvalue weighted by atomic mass is 10.2. The standard InChI is InChI=1S/C9H16BClO4S/c1-9(2)14-6-5(3-12-16-4-10)13-8(11)7(6)15-9/h5-8H,3-4,10H2,1-2H3/i10TD. The molecule has 0 amide bonds. The van der Waals surface area contributed by atoms with Gasteiger partial charge < -0.3 is 18.4 Å². The summed E-state index contributed by atoms with van der Waals surface area (Å²) >= 11 is 7.14. The molecule has 16 heavy (non-hydrogen) atoms. The number of halogens is 1. The van der Waals surface area contributed by atoms with Crippen LogP contribution in [-0.4, -0.2) is 52.4 Å². The molecule has 2 rings (SSSR count). The minimum Gasteiger partial charge on any atom is -0.351 e. The van der Waals surface area contributed by atoms with Gasteiger partial charge in [-0.1, -0.05) is 11.6 Å². The summed E-state index contributed by atoms with van der Waals surface area (Å²) in [6, 6.07) is 0. The van der Waals surface area contributed by atoms with Crippen molar-refractivity contribution in [1.82, 2.24) is 0 Å². The number of hydrogen-bond donors (Lipinski definition) is 0. The molecule has 0 bridgehead atoms. The molecule has 0 saturated carbocycles. The van der Waals surface area contributed by atoms with E-state index in [9.17, 15) is 0 Å². The van der Waals surface area contributed by atoms with Crippen molar-refractivity contribution in [3.8, 4) is 0 Å². The molecule has 2 aliphatic rings. The molecule has 0 aromatic rings. The molecule has 7 heteroatoms. The van der Waals surface area contributed by atoms with Crippen LogP contribution in [0.4, 0.5) is 0 Å². The Morgan fingerprint density at radius 2 is 2.38 bits per heavy atom. The Morgan fingerprint density at radius 3 is 3.12 bits per heavy atom. The van der Waals surface area contributed by atoms with Crippen molar-refractivity contribution in [3.63, 3.8) is 0 Å². The highest BCUT2D eigenvalue weighted by Gasteiger charge is 2.54. The molecule has 0 radical (unpaired) electrons. The van der Waals surface area contributed by atoms with Gasteiger partial charge in [0.15, 0.2) is 11.4 Å². The molecule has 2 heterocycles. The molecule has 4 nitrogen and oxygen atoms in total. The highest BCUT2D eigenvalue weighted by molar-refractivity contribution is 7.95. The summed E-state index contributed by atoms with van der Waals surface area (Å²) < 4.78 is 36.3. The first kappa shape index (κ1) is 10.5. The molecule has 2 aliphatic heterocycles. The van der Waals surface area contributed by atoms with E-state index in [1.54, 1.807) is 0 Å². The van der Waals surface area contributed by atoms with Gasteiger partial charge in [-0.05, 0) is 34.2 Å². The summed E-state index contributed by atoms with van der Waals surface area (Å²) in [5.74, 6) is -0.648. The van der Waals surface area contributed by atoms with E-state index in [4.69, 9.17) is 32.7 Å². The van der Waals surface area contributed by atoms with Gasteiger partial charge >= 0.3 is 0 Å². The monoisotopic (exact) mass is 269 g/mol. The van der Waals surface area contributed by atoms with Crippen LogP contribution in [0, 0.1) is 0 Å². The van der Waals surface area contributed by atoms with E-state index in [2.05, 4.69) is 0 Å². The molecule has 0 aromatic carbocycles. The molecular weight excluding hydrogens is 250 g/mol. The maximum Gasteiger partial charge on any atom is 0.164 e. The first-order valence-electron chi connectivity index (χ1n) is 6.28. The van der Waals surface area contributed by atoms with E-state index in [0.717, 1.165) is 12.0 Å². The molecule has 2 saturated heterocycles. The van der Waals surface area contributed by atoms with Crippen LogP contribution in [0.15, 0.2) is 0 Å². The Labute approximate surface area is 109 Å². The molecule has 0 spiro atoms. The van der Waals surface area contributed by atoms with Gasteiger partial charge in [-0.25, -0.2) is 0 Å². The predicted molar refractivity (Wildman–Crippen MR) is 65.3 cm³/mol. The summed E-state index contributed by atoms with van der Waals surface area (Å²) in [5, 5.41) is 0. The topological polar surface area (TPSA) is 36.9 Å². The quantitative estimate of drug-likeness (QED) is 0.318.